The highest BCUT2D eigenvalue weighted by molar-refractivity contribution is 7.93. The van der Waals surface area contributed by atoms with Crippen LogP contribution in [0.5, 0.6) is 0 Å². The summed E-state index contributed by atoms with van der Waals surface area (Å²) < 4.78 is 27.6. The first-order valence-electron chi connectivity index (χ1n) is 8.92. The summed E-state index contributed by atoms with van der Waals surface area (Å²) in [6.07, 6.45) is 2.80. The lowest BCUT2D eigenvalue weighted by molar-refractivity contribution is -0.115. The van der Waals surface area contributed by atoms with Crippen molar-refractivity contribution in [1.29, 1.82) is 0 Å². The van der Waals surface area contributed by atoms with Crippen LogP contribution in [-0.4, -0.2) is 20.9 Å². The summed E-state index contributed by atoms with van der Waals surface area (Å²) in [4.78, 5) is 12.6. The van der Waals surface area contributed by atoms with Crippen LogP contribution >= 0.6 is 0 Å². The Morgan fingerprint density at radius 3 is 2.41 bits per heavy atom. The summed E-state index contributed by atoms with van der Waals surface area (Å²) in [5.41, 5.74) is 5.81. The quantitative estimate of drug-likeness (QED) is 0.829. The molecule has 0 aliphatic heterocycles. The summed E-state index contributed by atoms with van der Waals surface area (Å²) in [6.45, 7) is 5.54. The predicted molar refractivity (Wildman–Crippen MR) is 109 cm³/mol. The van der Waals surface area contributed by atoms with Gasteiger partial charge >= 0.3 is 0 Å². The lowest BCUT2D eigenvalue weighted by Gasteiger charge is -2.17. The number of sulfonamides is 1. The van der Waals surface area contributed by atoms with Gasteiger partial charge in [0.2, 0.25) is 15.9 Å². The molecule has 0 fully saturated rings. The van der Waals surface area contributed by atoms with Gasteiger partial charge in [-0.15, -0.1) is 0 Å². The maximum atomic E-state index is 12.6. The molecule has 0 saturated heterocycles. The van der Waals surface area contributed by atoms with Crippen LogP contribution in [0.4, 0.5) is 5.69 Å². The number of hydrogen-bond acceptors (Lipinski definition) is 3. The lowest BCUT2D eigenvalue weighted by atomic mass is 9.98. The maximum absolute atomic E-state index is 12.6. The molecule has 0 unspecified atom stereocenters. The van der Waals surface area contributed by atoms with Gasteiger partial charge in [-0.25, -0.2) is 13.1 Å². The number of nitrogens with one attached hydrogen (secondary N) is 2. The van der Waals surface area contributed by atoms with Gasteiger partial charge in [0.1, 0.15) is 0 Å². The molecule has 0 aromatic heterocycles. The number of amides is 1. The molecule has 0 radical (unpaired) electrons. The molecule has 5 nitrogen and oxygen atoms in total. The number of allylic oxidation sites excluding steroid dienone is 1. The van der Waals surface area contributed by atoms with Crippen LogP contribution in [0.3, 0.4) is 0 Å². The van der Waals surface area contributed by atoms with Gasteiger partial charge < -0.3 is 5.32 Å². The average molecular weight is 385 g/mol. The zero-order chi connectivity index (χ0) is 19.6. The summed E-state index contributed by atoms with van der Waals surface area (Å²) in [5, 5.41) is 2.81. The Bertz CT molecular complexity index is 1000. The topological polar surface area (TPSA) is 75.3 Å². The second-order valence-corrected chi connectivity index (χ2v) is 8.78. The van der Waals surface area contributed by atoms with E-state index in [2.05, 4.69) is 10.0 Å². The minimum atomic E-state index is -3.69. The SMILES string of the molecule is Cc1cc(C)c(NC(=O)CNS(=O)(=O)C2=Cc3ccccc3CC2)c(C)c1. The fourth-order valence-electron chi connectivity index (χ4n) is 3.43. The van der Waals surface area contributed by atoms with E-state index in [1.165, 1.54) is 0 Å². The molecule has 0 bridgehead atoms. The van der Waals surface area contributed by atoms with Gasteiger partial charge in [-0.3, -0.25) is 4.79 Å². The number of anilines is 1. The minimum absolute atomic E-state index is 0.298. The van der Waals surface area contributed by atoms with E-state index in [0.29, 0.717) is 17.7 Å². The lowest BCUT2D eigenvalue weighted by Crippen LogP contribution is -2.34. The predicted octanol–water partition coefficient (Wildman–Crippen LogP) is 3.46. The molecular formula is C21H24N2O3S. The summed E-state index contributed by atoms with van der Waals surface area (Å²) >= 11 is 0. The number of carbonyl (C=O) groups excluding carboxylic acids is 1. The highest BCUT2D eigenvalue weighted by atomic mass is 32.2. The second kappa shape index (κ2) is 7.66. The average Bonchev–Trinajstić information content (AvgIpc) is 2.62. The van der Waals surface area contributed by atoms with Gasteiger partial charge in [0.15, 0.2) is 0 Å². The van der Waals surface area contributed by atoms with Gasteiger partial charge in [0.05, 0.1) is 11.4 Å². The van der Waals surface area contributed by atoms with Gasteiger partial charge in [0, 0.05) is 5.69 Å². The maximum Gasteiger partial charge on any atom is 0.239 e. The van der Waals surface area contributed by atoms with Crippen molar-refractivity contribution in [3.8, 4) is 0 Å². The molecule has 3 rings (SSSR count). The molecule has 0 atom stereocenters. The number of rotatable bonds is 5. The molecular weight excluding hydrogens is 360 g/mol. The molecule has 0 spiro atoms. The van der Waals surface area contributed by atoms with Crippen LogP contribution in [0.15, 0.2) is 41.3 Å². The fraction of sp³-hybridized carbons (Fsp3) is 0.286. The van der Waals surface area contributed by atoms with E-state index in [4.69, 9.17) is 0 Å². The highest BCUT2D eigenvalue weighted by Gasteiger charge is 2.22. The Morgan fingerprint density at radius 2 is 1.70 bits per heavy atom. The van der Waals surface area contributed by atoms with Crippen molar-refractivity contribution in [2.75, 3.05) is 11.9 Å². The van der Waals surface area contributed by atoms with Crippen LogP contribution in [0.2, 0.25) is 0 Å². The Kier molecular flexibility index (Phi) is 5.48. The molecule has 2 aromatic rings. The summed E-state index contributed by atoms with van der Waals surface area (Å²) in [6, 6.07) is 11.7. The Morgan fingerprint density at radius 1 is 1.04 bits per heavy atom. The van der Waals surface area contributed by atoms with Crippen molar-refractivity contribution in [3.63, 3.8) is 0 Å². The first-order valence-corrected chi connectivity index (χ1v) is 10.4. The van der Waals surface area contributed by atoms with E-state index in [0.717, 1.165) is 33.5 Å². The molecule has 1 aliphatic carbocycles. The number of hydrogen-bond donors (Lipinski definition) is 2. The molecule has 0 heterocycles. The van der Waals surface area contributed by atoms with E-state index in [1.54, 1.807) is 6.08 Å². The Balaban J connectivity index is 1.68. The van der Waals surface area contributed by atoms with Gasteiger partial charge in [-0.2, -0.15) is 0 Å². The van der Waals surface area contributed by atoms with Crippen molar-refractivity contribution in [3.05, 3.63) is 69.1 Å². The molecule has 142 valence electrons. The minimum Gasteiger partial charge on any atom is -0.324 e. The molecule has 1 aliphatic rings. The first-order chi connectivity index (χ1) is 12.8. The Labute approximate surface area is 160 Å². The summed E-state index contributed by atoms with van der Waals surface area (Å²) in [7, 11) is -3.69. The smallest absolute Gasteiger partial charge is 0.239 e. The Hall–Kier alpha value is -2.44. The van der Waals surface area contributed by atoms with Gasteiger partial charge in [-0.1, -0.05) is 42.0 Å². The van der Waals surface area contributed by atoms with Crippen molar-refractivity contribution in [2.45, 2.75) is 33.6 Å². The van der Waals surface area contributed by atoms with Gasteiger partial charge in [0.25, 0.3) is 0 Å². The monoisotopic (exact) mass is 384 g/mol. The van der Waals surface area contributed by atoms with Crippen LogP contribution in [-0.2, 0) is 21.2 Å². The molecule has 27 heavy (non-hydrogen) atoms. The van der Waals surface area contributed by atoms with Crippen LogP contribution in [0.25, 0.3) is 6.08 Å². The largest absolute Gasteiger partial charge is 0.324 e. The van der Waals surface area contributed by atoms with Crippen molar-refractivity contribution < 1.29 is 13.2 Å². The third-order valence-corrected chi connectivity index (χ3v) is 6.26. The van der Waals surface area contributed by atoms with Crippen LogP contribution in [0.1, 0.15) is 34.2 Å². The second-order valence-electron chi connectivity index (χ2n) is 6.96. The standard InChI is InChI=1S/C21H24N2O3S/c1-14-10-15(2)21(16(3)11-14)23-20(24)13-22-27(25,26)19-9-8-17-6-4-5-7-18(17)12-19/h4-7,10-12,22H,8-9,13H2,1-3H3,(H,23,24). The number of carbonyl (C=O) groups is 1. The molecule has 2 aromatic carbocycles. The summed E-state index contributed by atoms with van der Waals surface area (Å²) in [5.74, 6) is -0.384. The van der Waals surface area contributed by atoms with E-state index in [9.17, 15) is 13.2 Å². The zero-order valence-corrected chi connectivity index (χ0v) is 16.6. The molecule has 0 saturated carbocycles. The van der Waals surface area contributed by atoms with Gasteiger partial charge in [-0.05, 0) is 61.9 Å². The third-order valence-electron chi connectivity index (χ3n) is 4.72. The number of fused-ring (bicyclic) bond motifs is 1. The van der Waals surface area contributed by atoms with Crippen molar-refractivity contribution >= 4 is 27.7 Å². The third kappa shape index (κ3) is 4.46. The van der Waals surface area contributed by atoms with Crippen molar-refractivity contribution in [2.24, 2.45) is 0 Å². The number of benzene rings is 2. The number of aryl methyl sites for hydroxylation is 4. The fourth-order valence-corrected chi connectivity index (χ4v) is 4.59. The van der Waals surface area contributed by atoms with E-state index in [1.807, 2.05) is 57.2 Å². The van der Waals surface area contributed by atoms with Crippen molar-refractivity contribution in [1.82, 2.24) is 4.72 Å². The van der Waals surface area contributed by atoms with Crippen LogP contribution in [0, 0.1) is 20.8 Å². The normalized spacial score (nSPS) is 13.7. The van der Waals surface area contributed by atoms with E-state index < -0.39 is 10.0 Å². The highest BCUT2D eigenvalue weighted by Crippen LogP contribution is 2.26. The molecule has 1 amide bonds. The van der Waals surface area contributed by atoms with E-state index >= 15 is 0 Å². The van der Waals surface area contributed by atoms with Crippen LogP contribution < -0.4 is 10.0 Å². The molecule has 2 N–H and O–H groups in total. The zero-order valence-electron chi connectivity index (χ0n) is 15.8. The molecule has 6 heteroatoms. The van der Waals surface area contributed by atoms with E-state index in [-0.39, 0.29) is 12.5 Å². The first kappa shape index (κ1) is 19.3.